The molecule has 1 aromatic carbocycles. The Labute approximate surface area is 128 Å². The van der Waals surface area contributed by atoms with Gasteiger partial charge in [0.15, 0.2) is 0 Å². The van der Waals surface area contributed by atoms with Crippen molar-refractivity contribution in [1.82, 2.24) is 5.32 Å². The molecule has 1 aliphatic heterocycles. The molecular formula is C16H26N2O2S. The molecule has 0 saturated carbocycles. The molecule has 0 atom stereocenters. The Morgan fingerprint density at radius 2 is 2.00 bits per heavy atom. The van der Waals surface area contributed by atoms with Gasteiger partial charge in [0, 0.05) is 6.54 Å². The predicted octanol–water partition coefficient (Wildman–Crippen LogP) is 2.55. The van der Waals surface area contributed by atoms with E-state index in [0.717, 1.165) is 50.0 Å². The number of rotatable bonds is 7. The number of unbranched alkanes of at least 4 members (excludes halogenated alkanes) is 1. The molecule has 0 saturated heterocycles. The molecule has 0 aromatic heterocycles. The normalized spacial score (nSPS) is 15.6. The quantitative estimate of drug-likeness (QED) is 0.787. The average molecular weight is 310 g/mol. The number of sulfonamides is 1. The van der Waals surface area contributed by atoms with Gasteiger partial charge in [0.05, 0.1) is 11.4 Å². The van der Waals surface area contributed by atoms with E-state index in [4.69, 9.17) is 0 Å². The van der Waals surface area contributed by atoms with Crippen molar-refractivity contribution in [2.45, 2.75) is 39.0 Å². The maximum Gasteiger partial charge on any atom is 0.235 e. The highest BCUT2D eigenvalue weighted by Gasteiger charge is 2.25. The van der Waals surface area contributed by atoms with E-state index in [0.29, 0.717) is 13.0 Å². The van der Waals surface area contributed by atoms with E-state index < -0.39 is 10.0 Å². The molecule has 0 unspecified atom stereocenters. The molecule has 1 aliphatic rings. The minimum atomic E-state index is -3.20. The first-order valence-corrected chi connectivity index (χ1v) is 9.55. The number of para-hydroxylation sites is 1. The first kappa shape index (κ1) is 16.3. The molecule has 1 heterocycles. The lowest BCUT2D eigenvalue weighted by Crippen LogP contribution is -2.34. The number of hydrogen-bond donors (Lipinski definition) is 1. The first-order chi connectivity index (χ1) is 10.1. The number of aryl methyl sites for hydroxylation is 1. The molecule has 1 N–H and O–H groups in total. The van der Waals surface area contributed by atoms with Gasteiger partial charge >= 0.3 is 0 Å². The Balaban J connectivity index is 2.05. The summed E-state index contributed by atoms with van der Waals surface area (Å²) in [7, 11) is -3.20. The zero-order chi connectivity index (χ0) is 15.1. The largest absolute Gasteiger partial charge is 0.317 e. The molecule has 1 aromatic rings. The Morgan fingerprint density at radius 1 is 1.19 bits per heavy atom. The standard InChI is InChI=1S/C16H26N2O2S/c1-2-17-12-6-8-14-21(19,20)18-13-7-5-10-15-9-3-4-11-16(15)18/h3-4,9,11,17H,2,5-8,10,12-14H2,1H3. The Bertz CT molecular complexity index is 543. The van der Waals surface area contributed by atoms with E-state index in [1.807, 2.05) is 24.3 Å². The topological polar surface area (TPSA) is 49.4 Å². The van der Waals surface area contributed by atoms with Crippen molar-refractivity contribution in [3.05, 3.63) is 29.8 Å². The number of nitrogens with one attached hydrogen (secondary N) is 1. The minimum Gasteiger partial charge on any atom is -0.317 e. The smallest absolute Gasteiger partial charge is 0.235 e. The van der Waals surface area contributed by atoms with E-state index in [-0.39, 0.29) is 5.75 Å². The van der Waals surface area contributed by atoms with Gasteiger partial charge in [-0.15, -0.1) is 0 Å². The molecule has 118 valence electrons. The summed E-state index contributed by atoms with van der Waals surface area (Å²) in [4.78, 5) is 0. The van der Waals surface area contributed by atoms with Gasteiger partial charge < -0.3 is 5.32 Å². The summed E-state index contributed by atoms with van der Waals surface area (Å²) in [5.74, 6) is 0.243. The Kier molecular flexibility index (Phi) is 6.06. The van der Waals surface area contributed by atoms with Crippen LogP contribution in [-0.4, -0.2) is 33.8 Å². The number of hydrogen-bond acceptors (Lipinski definition) is 3. The lowest BCUT2D eigenvalue weighted by molar-refractivity contribution is 0.582. The fourth-order valence-corrected chi connectivity index (χ4v) is 4.44. The summed E-state index contributed by atoms with van der Waals surface area (Å²) in [5.41, 5.74) is 2.05. The number of anilines is 1. The maximum absolute atomic E-state index is 12.6. The lowest BCUT2D eigenvalue weighted by atomic mass is 10.1. The molecule has 2 rings (SSSR count). The van der Waals surface area contributed by atoms with Gasteiger partial charge in [-0.2, -0.15) is 0 Å². The van der Waals surface area contributed by atoms with E-state index >= 15 is 0 Å². The molecule has 0 fully saturated rings. The predicted molar refractivity (Wildman–Crippen MR) is 88.3 cm³/mol. The van der Waals surface area contributed by atoms with E-state index in [2.05, 4.69) is 12.2 Å². The summed E-state index contributed by atoms with van der Waals surface area (Å²) < 4.78 is 26.9. The van der Waals surface area contributed by atoms with Crippen molar-refractivity contribution in [2.24, 2.45) is 0 Å². The highest BCUT2D eigenvalue weighted by Crippen LogP contribution is 2.28. The Morgan fingerprint density at radius 3 is 2.81 bits per heavy atom. The van der Waals surface area contributed by atoms with Crippen LogP contribution in [0.2, 0.25) is 0 Å². The molecule has 0 aliphatic carbocycles. The van der Waals surface area contributed by atoms with Gasteiger partial charge in [-0.1, -0.05) is 25.1 Å². The summed E-state index contributed by atoms with van der Waals surface area (Å²) >= 11 is 0. The third-order valence-corrected chi connectivity index (χ3v) is 5.76. The second-order valence-corrected chi connectivity index (χ2v) is 7.55. The molecule has 21 heavy (non-hydrogen) atoms. The van der Waals surface area contributed by atoms with Gasteiger partial charge in [-0.3, -0.25) is 4.31 Å². The maximum atomic E-state index is 12.6. The lowest BCUT2D eigenvalue weighted by Gasteiger charge is -2.24. The molecule has 5 heteroatoms. The van der Waals surface area contributed by atoms with Crippen LogP contribution in [0.25, 0.3) is 0 Å². The van der Waals surface area contributed by atoms with Crippen LogP contribution in [0, 0.1) is 0 Å². The highest BCUT2D eigenvalue weighted by atomic mass is 32.2. The van der Waals surface area contributed by atoms with Gasteiger partial charge in [0.1, 0.15) is 0 Å². The molecule has 0 bridgehead atoms. The third kappa shape index (κ3) is 4.45. The molecule has 0 spiro atoms. The molecule has 0 amide bonds. The summed E-state index contributed by atoms with van der Waals surface area (Å²) in [6.45, 7) is 4.51. The average Bonchev–Trinajstić information content (AvgIpc) is 2.69. The van der Waals surface area contributed by atoms with Crippen molar-refractivity contribution in [3.8, 4) is 0 Å². The monoisotopic (exact) mass is 310 g/mol. The minimum absolute atomic E-state index is 0.243. The van der Waals surface area contributed by atoms with Crippen molar-refractivity contribution >= 4 is 15.7 Å². The zero-order valence-electron chi connectivity index (χ0n) is 12.8. The van der Waals surface area contributed by atoms with Crippen LogP contribution in [0.4, 0.5) is 5.69 Å². The summed E-state index contributed by atoms with van der Waals surface area (Å²) in [5, 5.41) is 3.23. The van der Waals surface area contributed by atoms with Gasteiger partial charge in [0.25, 0.3) is 0 Å². The van der Waals surface area contributed by atoms with Gasteiger partial charge in [-0.25, -0.2) is 8.42 Å². The van der Waals surface area contributed by atoms with E-state index in [9.17, 15) is 8.42 Å². The van der Waals surface area contributed by atoms with Crippen molar-refractivity contribution < 1.29 is 8.42 Å². The van der Waals surface area contributed by atoms with Crippen LogP contribution in [-0.2, 0) is 16.4 Å². The van der Waals surface area contributed by atoms with Crippen molar-refractivity contribution in [2.75, 3.05) is 29.7 Å². The van der Waals surface area contributed by atoms with Gasteiger partial charge in [-0.05, 0) is 56.8 Å². The molecule has 4 nitrogen and oxygen atoms in total. The van der Waals surface area contributed by atoms with E-state index in [1.54, 1.807) is 4.31 Å². The van der Waals surface area contributed by atoms with Crippen LogP contribution in [0.5, 0.6) is 0 Å². The van der Waals surface area contributed by atoms with Crippen LogP contribution < -0.4 is 9.62 Å². The number of fused-ring (bicyclic) bond motifs is 1. The second kappa shape index (κ2) is 7.80. The Hall–Kier alpha value is -1.07. The number of nitrogens with zero attached hydrogens (tertiary/aromatic N) is 1. The van der Waals surface area contributed by atoms with Crippen LogP contribution >= 0.6 is 0 Å². The van der Waals surface area contributed by atoms with Crippen molar-refractivity contribution in [1.29, 1.82) is 0 Å². The van der Waals surface area contributed by atoms with Crippen LogP contribution in [0.1, 0.15) is 38.2 Å². The summed E-state index contributed by atoms with van der Waals surface area (Å²) in [6, 6.07) is 7.91. The van der Waals surface area contributed by atoms with E-state index in [1.165, 1.54) is 0 Å². The fourth-order valence-electron chi connectivity index (χ4n) is 2.77. The third-order valence-electron chi connectivity index (χ3n) is 3.91. The summed E-state index contributed by atoms with van der Waals surface area (Å²) in [6.07, 6.45) is 4.59. The molecule has 0 radical (unpaired) electrons. The molecular weight excluding hydrogens is 284 g/mol. The van der Waals surface area contributed by atoms with Crippen molar-refractivity contribution in [3.63, 3.8) is 0 Å². The SMILES string of the molecule is CCNCCCCS(=O)(=O)N1CCCCc2ccccc21. The van der Waals surface area contributed by atoms with Gasteiger partial charge in [0.2, 0.25) is 10.0 Å². The first-order valence-electron chi connectivity index (χ1n) is 7.94. The van der Waals surface area contributed by atoms with Crippen LogP contribution in [0.15, 0.2) is 24.3 Å². The zero-order valence-corrected chi connectivity index (χ0v) is 13.7. The highest BCUT2D eigenvalue weighted by molar-refractivity contribution is 7.92. The van der Waals surface area contributed by atoms with Crippen LogP contribution in [0.3, 0.4) is 0 Å². The second-order valence-electron chi connectivity index (χ2n) is 5.53. The number of benzene rings is 1. The fraction of sp³-hybridized carbons (Fsp3) is 0.625.